The summed E-state index contributed by atoms with van der Waals surface area (Å²) in [5, 5.41) is 7.90. The summed E-state index contributed by atoms with van der Waals surface area (Å²) >= 11 is 0. The highest BCUT2D eigenvalue weighted by Crippen LogP contribution is 2.05. The van der Waals surface area contributed by atoms with Crippen LogP contribution in [0.15, 0.2) is 54.6 Å². The van der Waals surface area contributed by atoms with Crippen LogP contribution in [0, 0.1) is 0 Å². The van der Waals surface area contributed by atoms with Gasteiger partial charge in [0.25, 0.3) is 0 Å². The maximum atomic E-state index is 12.1. The van der Waals surface area contributed by atoms with Gasteiger partial charge in [0.05, 0.1) is 0 Å². The van der Waals surface area contributed by atoms with Gasteiger partial charge in [-0.05, 0) is 36.8 Å². The summed E-state index contributed by atoms with van der Waals surface area (Å²) in [6.45, 7) is 1.81. The van der Waals surface area contributed by atoms with Gasteiger partial charge in [-0.15, -0.1) is 0 Å². The Balaban J connectivity index is 1.83. The molecule has 1 atom stereocenters. The van der Waals surface area contributed by atoms with E-state index in [1.165, 1.54) is 0 Å². The van der Waals surface area contributed by atoms with Crippen molar-refractivity contribution in [2.24, 2.45) is 5.73 Å². The van der Waals surface area contributed by atoms with Crippen LogP contribution in [0.2, 0.25) is 0 Å². The molecular weight excluding hydrogens is 320 g/mol. The molecule has 5 N–H and O–H groups in total. The standard InChI is InChI=1S/C18H20N4O3/c1-12(21-18(25)22-15-8-3-2-4-9-15)17(24)20-11-13-6-5-7-14(10-13)16(19)23/h2-10,12H,11H2,1H3,(H2,19,23)(H,20,24)(H2,21,22,25). The molecule has 0 bridgehead atoms. The lowest BCUT2D eigenvalue weighted by molar-refractivity contribution is -0.122. The fourth-order valence-electron chi connectivity index (χ4n) is 2.13. The number of carbonyl (C=O) groups is 3. The van der Waals surface area contributed by atoms with Crippen molar-refractivity contribution in [3.05, 3.63) is 65.7 Å². The van der Waals surface area contributed by atoms with E-state index in [0.29, 0.717) is 11.3 Å². The van der Waals surface area contributed by atoms with Gasteiger partial charge in [0, 0.05) is 17.8 Å². The van der Waals surface area contributed by atoms with Gasteiger partial charge >= 0.3 is 6.03 Å². The van der Waals surface area contributed by atoms with Crippen molar-refractivity contribution in [1.29, 1.82) is 0 Å². The maximum absolute atomic E-state index is 12.1. The number of anilines is 1. The SMILES string of the molecule is CC(NC(=O)Nc1ccccc1)C(=O)NCc1cccc(C(N)=O)c1. The molecular formula is C18H20N4O3. The summed E-state index contributed by atoms with van der Waals surface area (Å²) in [6, 6.07) is 14.4. The van der Waals surface area contributed by atoms with Crippen LogP contribution in [-0.4, -0.2) is 23.9 Å². The second-order valence-corrected chi connectivity index (χ2v) is 5.47. The number of hydrogen-bond donors (Lipinski definition) is 4. The molecule has 0 aromatic heterocycles. The number of para-hydroxylation sites is 1. The lowest BCUT2D eigenvalue weighted by Gasteiger charge is -2.15. The molecule has 0 heterocycles. The molecule has 1 unspecified atom stereocenters. The number of amides is 4. The normalized spacial score (nSPS) is 11.2. The van der Waals surface area contributed by atoms with Crippen LogP contribution >= 0.6 is 0 Å². The van der Waals surface area contributed by atoms with Crippen molar-refractivity contribution >= 4 is 23.5 Å². The predicted molar refractivity (Wildman–Crippen MR) is 94.9 cm³/mol. The largest absolute Gasteiger partial charge is 0.366 e. The number of benzene rings is 2. The molecule has 2 aromatic carbocycles. The van der Waals surface area contributed by atoms with Crippen molar-refractivity contribution in [3.8, 4) is 0 Å². The number of carbonyl (C=O) groups excluding carboxylic acids is 3. The monoisotopic (exact) mass is 340 g/mol. The number of nitrogens with one attached hydrogen (secondary N) is 3. The van der Waals surface area contributed by atoms with Gasteiger partial charge in [0.1, 0.15) is 6.04 Å². The molecule has 0 aliphatic heterocycles. The Bertz CT molecular complexity index is 762. The molecule has 0 aliphatic rings. The fourth-order valence-corrected chi connectivity index (χ4v) is 2.13. The van der Waals surface area contributed by atoms with Crippen LogP contribution < -0.4 is 21.7 Å². The van der Waals surface area contributed by atoms with E-state index in [9.17, 15) is 14.4 Å². The average Bonchev–Trinajstić information content (AvgIpc) is 2.60. The topological polar surface area (TPSA) is 113 Å². The molecule has 0 spiro atoms. The molecule has 7 nitrogen and oxygen atoms in total. The zero-order valence-corrected chi connectivity index (χ0v) is 13.8. The highest BCUT2D eigenvalue weighted by Gasteiger charge is 2.15. The zero-order valence-electron chi connectivity index (χ0n) is 13.8. The number of nitrogens with two attached hydrogens (primary N) is 1. The second kappa shape index (κ2) is 8.49. The molecule has 0 saturated heterocycles. The van der Waals surface area contributed by atoms with Gasteiger partial charge in [-0.25, -0.2) is 4.79 Å². The van der Waals surface area contributed by atoms with Crippen LogP contribution in [0.25, 0.3) is 0 Å². The zero-order chi connectivity index (χ0) is 18.2. The molecule has 0 saturated carbocycles. The van der Waals surface area contributed by atoms with E-state index in [1.54, 1.807) is 55.5 Å². The number of primary amides is 1. The van der Waals surface area contributed by atoms with Gasteiger partial charge in [-0.2, -0.15) is 0 Å². The fraction of sp³-hybridized carbons (Fsp3) is 0.167. The van der Waals surface area contributed by atoms with E-state index >= 15 is 0 Å². The third-order valence-corrected chi connectivity index (χ3v) is 3.45. The number of rotatable bonds is 6. The molecule has 130 valence electrons. The van der Waals surface area contributed by atoms with Crippen molar-refractivity contribution < 1.29 is 14.4 Å². The number of hydrogen-bond acceptors (Lipinski definition) is 3. The van der Waals surface area contributed by atoms with Gasteiger partial charge in [-0.1, -0.05) is 30.3 Å². The smallest absolute Gasteiger partial charge is 0.319 e. The molecule has 2 aromatic rings. The Morgan fingerprint density at radius 1 is 1.04 bits per heavy atom. The Morgan fingerprint density at radius 3 is 2.44 bits per heavy atom. The van der Waals surface area contributed by atoms with Crippen LogP contribution in [0.5, 0.6) is 0 Å². The van der Waals surface area contributed by atoms with E-state index < -0.39 is 18.0 Å². The van der Waals surface area contributed by atoms with E-state index in [4.69, 9.17) is 5.73 Å². The summed E-state index contributed by atoms with van der Waals surface area (Å²) in [5.41, 5.74) is 6.98. The third-order valence-electron chi connectivity index (χ3n) is 3.45. The van der Waals surface area contributed by atoms with Crippen molar-refractivity contribution in [2.75, 3.05) is 5.32 Å². The Kier molecular flexibility index (Phi) is 6.11. The highest BCUT2D eigenvalue weighted by molar-refractivity contribution is 5.94. The molecule has 0 fully saturated rings. The Morgan fingerprint density at radius 2 is 1.76 bits per heavy atom. The van der Waals surface area contributed by atoms with Gasteiger partial charge in [-0.3, -0.25) is 9.59 Å². The first kappa shape index (κ1) is 18.0. The average molecular weight is 340 g/mol. The van der Waals surface area contributed by atoms with Crippen LogP contribution in [0.1, 0.15) is 22.8 Å². The van der Waals surface area contributed by atoms with Crippen LogP contribution in [-0.2, 0) is 11.3 Å². The number of urea groups is 1. The predicted octanol–water partition coefficient (Wildman–Crippen LogP) is 1.61. The summed E-state index contributed by atoms with van der Waals surface area (Å²) in [6.07, 6.45) is 0. The van der Waals surface area contributed by atoms with Crippen LogP contribution in [0.3, 0.4) is 0 Å². The van der Waals surface area contributed by atoms with E-state index in [0.717, 1.165) is 5.56 Å². The lowest BCUT2D eigenvalue weighted by atomic mass is 10.1. The second-order valence-electron chi connectivity index (χ2n) is 5.47. The molecule has 0 radical (unpaired) electrons. The lowest BCUT2D eigenvalue weighted by Crippen LogP contribution is -2.46. The van der Waals surface area contributed by atoms with E-state index in [-0.39, 0.29) is 12.5 Å². The molecule has 4 amide bonds. The highest BCUT2D eigenvalue weighted by atomic mass is 16.2. The van der Waals surface area contributed by atoms with Gasteiger partial charge in [0.15, 0.2) is 0 Å². The van der Waals surface area contributed by atoms with Gasteiger partial charge < -0.3 is 21.7 Å². The summed E-state index contributed by atoms with van der Waals surface area (Å²) in [5.74, 6) is -0.867. The first-order valence-corrected chi connectivity index (χ1v) is 7.74. The van der Waals surface area contributed by atoms with Crippen LogP contribution in [0.4, 0.5) is 10.5 Å². The minimum absolute atomic E-state index is 0.228. The molecule has 25 heavy (non-hydrogen) atoms. The van der Waals surface area contributed by atoms with E-state index in [1.807, 2.05) is 6.07 Å². The molecule has 0 aliphatic carbocycles. The van der Waals surface area contributed by atoms with Crippen molar-refractivity contribution in [3.63, 3.8) is 0 Å². The Hall–Kier alpha value is -3.35. The van der Waals surface area contributed by atoms with E-state index in [2.05, 4.69) is 16.0 Å². The van der Waals surface area contributed by atoms with Crippen molar-refractivity contribution in [1.82, 2.24) is 10.6 Å². The summed E-state index contributed by atoms with van der Waals surface area (Å²) in [7, 11) is 0. The van der Waals surface area contributed by atoms with Crippen molar-refractivity contribution in [2.45, 2.75) is 19.5 Å². The first-order chi connectivity index (χ1) is 12.0. The molecule has 2 rings (SSSR count). The first-order valence-electron chi connectivity index (χ1n) is 7.74. The summed E-state index contributed by atoms with van der Waals surface area (Å²) < 4.78 is 0. The quantitative estimate of drug-likeness (QED) is 0.640. The van der Waals surface area contributed by atoms with Gasteiger partial charge in [0.2, 0.25) is 11.8 Å². The maximum Gasteiger partial charge on any atom is 0.319 e. The minimum atomic E-state index is -0.719. The summed E-state index contributed by atoms with van der Waals surface area (Å²) in [4.78, 5) is 35.1. The third kappa shape index (κ3) is 5.65. The molecule has 7 heteroatoms. The Labute approximate surface area is 145 Å². The minimum Gasteiger partial charge on any atom is -0.366 e.